The van der Waals surface area contributed by atoms with Gasteiger partial charge >= 0.3 is 12.2 Å². The first-order chi connectivity index (χ1) is 12.0. The highest BCUT2D eigenvalue weighted by molar-refractivity contribution is 5.70. The lowest BCUT2D eigenvalue weighted by atomic mass is 9.84. The number of carbonyl (C=O) groups is 2. The molecule has 1 aliphatic carbocycles. The second kappa shape index (κ2) is 8.03. The van der Waals surface area contributed by atoms with Gasteiger partial charge in [-0.15, -0.1) is 0 Å². The molecule has 7 nitrogen and oxygen atoms in total. The van der Waals surface area contributed by atoms with Gasteiger partial charge in [-0.25, -0.2) is 9.59 Å². The summed E-state index contributed by atoms with van der Waals surface area (Å²) in [6, 6.07) is -0.401. The normalized spacial score (nSPS) is 26.5. The summed E-state index contributed by atoms with van der Waals surface area (Å²) in [7, 11) is 1.25. The van der Waals surface area contributed by atoms with E-state index >= 15 is 0 Å². The summed E-state index contributed by atoms with van der Waals surface area (Å²) in [5.74, 6) is 0.472. The molecule has 26 heavy (non-hydrogen) atoms. The molecule has 2 atom stereocenters. The number of methoxy groups -OCH3 is 1. The number of hydrogen-bond donors (Lipinski definition) is 0. The van der Waals surface area contributed by atoms with Crippen LogP contribution in [0.5, 0.6) is 0 Å². The largest absolute Gasteiger partial charge is 0.510 e. The average molecular weight is 371 g/mol. The fourth-order valence-corrected chi connectivity index (χ4v) is 3.83. The second-order valence-corrected chi connectivity index (χ2v) is 8.66. The van der Waals surface area contributed by atoms with Crippen molar-refractivity contribution in [1.82, 2.24) is 4.90 Å². The highest BCUT2D eigenvalue weighted by Crippen LogP contribution is 2.39. The van der Waals surface area contributed by atoms with Crippen molar-refractivity contribution in [3.8, 4) is 0 Å². The fourth-order valence-electron chi connectivity index (χ4n) is 3.83. The number of nitrogens with zero attached hydrogens (tertiary/aromatic N) is 1. The molecule has 0 aromatic carbocycles. The zero-order valence-corrected chi connectivity index (χ0v) is 16.9. The van der Waals surface area contributed by atoms with E-state index in [1.54, 1.807) is 18.7 Å². The van der Waals surface area contributed by atoms with Crippen LogP contribution in [0.25, 0.3) is 0 Å². The van der Waals surface area contributed by atoms with Gasteiger partial charge in [-0.3, -0.25) is 4.90 Å². The van der Waals surface area contributed by atoms with Gasteiger partial charge in [0.05, 0.1) is 7.11 Å². The van der Waals surface area contributed by atoms with E-state index in [0.29, 0.717) is 12.3 Å². The maximum Gasteiger partial charge on any atom is 0.510 e. The zero-order chi connectivity index (χ0) is 19.5. The Bertz CT molecular complexity index is 507. The molecule has 1 saturated carbocycles. The molecule has 1 heterocycles. The summed E-state index contributed by atoms with van der Waals surface area (Å²) in [6.07, 6.45) is 4.43. The van der Waals surface area contributed by atoms with Crippen LogP contribution in [-0.4, -0.2) is 47.9 Å². The average Bonchev–Trinajstić information content (AvgIpc) is 2.76. The van der Waals surface area contributed by atoms with E-state index in [0.717, 1.165) is 12.8 Å². The Labute approximate surface area is 156 Å². The van der Waals surface area contributed by atoms with Crippen molar-refractivity contribution in [2.75, 3.05) is 7.11 Å². The van der Waals surface area contributed by atoms with E-state index in [-0.39, 0.29) is 0 Å². The molecule has 0 bridgehead atoms. The van der Waals surface area contributed by atoms with Crippen LogP contribution in [0.3, 0.4) is 0 Å². The minimum atomic E-state index is -0.944. The van der Waals surface area contributed by atoms with Crippen molar-refractivity contribution in [2.45, 2.75) is 96.8 Å². The Morgan fingerprint density at radius 3 is 2.31 bits per heavy atom. The lowest BCUT2D eigenvalue weighted by Gasteiger charge is -2.36. The molecule has 0 spiro atoms. The molecule has 2 rings (SSSR count). The van der Waals surface area contributed by atoms with Gasteiger partial charge in [0.15, 0.2) is 0 Å². The predicted molar refractivity (Wildman–Crippen MR) is 95.5 cm³/mol. The van der Waals surface area contributed by atoms with Crippen LogP contribution >= 0.6 is 0 Å². The second-order valence-electron chi connectivity index (χ2n) is 8.66. The Morgan fingerprint density at radius 2 is 1.77 bits per heavy atom. The van der Waals surface area contributed by atoms with Gasteiger partial charge in [0.2, 0.25) is 6.29 Å². The van der Waals surface area contributed by atoms with Gasteiger partial charge in [0.1, 0.15) is 17.4 Å². The third-order valence-electron chi connectivity index (χ3n) is 4.90. The highest BCUT2D eigenvalue weighted by atomic mass is 16.8. The first kappa shape index (κ1) is 20.8. The van der Waals surface area contributed by atoms with Crippen LogP contribution < -0.4 is 0 Å². The standard InChI is InChI=1S/C19H33NO6/c1-18(2,3)26-16(21)20-14(12-13-10-8-7-9-11-13)15(24-17(22)23-6)25-19(20,4)5/h13-15H,7-12H2,1-6H3/t14-,15-/m0/s1. The molecule has 2 fully saturated rings. The molecule has 1 amide bonds. The Hall–Kier alpha value is -1.50. The van der Waals surface area contributed by atoms with Gasteiger partial charge < -0.3 is 18.9 Å². The molecule has 7 heteroatoms. The van der Waals surface area contributed by atoms with Crippen LogP contribution in [-0.2, 0) is 18.9 Å². The summed E-state index contributed by atoms with van der Waals surface area (Å²) in [5.41, 5.74) is -1.57. The Kier molecular flexibility index (Phi) is 6.42. The van der Waals surface area contributed by atoms with Crippen LogP contribution in [0, 0.1) is 5.92 Å². The molecule has 1 saturated heterocycles. The molecule has 2 aliphatic rings. The third-order valence-corrected chi connectivity index (χ3v) is 4.90. The summed E-state index contributed by atoms with van der Waals surface area (Å²) >= 11 is 0. The maximum atomic E-state index is 12.9. The van der Waals surface area contributed by atoms with Crippen molar-refractivity contribution in [3.63, 3.8) is 0 Å². The Morgan fingerprint density at radius 1 is 1.15 bits per heavy atom. The molecule has 0 unspecified atom stereocenters. The number of ether oxygens (including phenoxy) is 4. The minimum Gasteiger partial charge on any atom is -0.444 e. The summed E-state index contributed by atoms with van der Waals surface area (Å²) in [5, 5.41) is 0. The van der Waals surface area contributed by atoms with Crippen molar-refractivity contribution in [2.24, 2.45) is 5.92 Å². The molecule has 150 valence electrons. The minimum absolute atomic E-state index is 0.401. The van der Waals surface area contributed by atoms with Crippen LogP contribution in [0.2, 0.25) is 0 Å². The molecule has 1 aliphatic heterocycles. The number of hydrogen-bond acceptors (Lipinski definition) is 6. The van der Waals surface area contributed by atoms with E-state index in [2.05, 4.69) is 4.74 Å². The molecule has 0 aromatic heterocycles. The van der Waals surface area contributed by atoms with Crippen LogP contribution in [0.4, 0.5) is 9.59 Å². The van der Waals surface area contributed by atoms with E-state index in [4.69, 9.17) is 14.2 Å². The number of rotatable bonds is 3. The van der Waals surface area contributed by atoms with Crippen molar-refractivity contribution in [1.29, 1.82) is 0 Å². The smallest absolute Gasteiger partial charge is 0.444 e. The topological polar surface area (TPSA) is 74.3 Å². The van der Waals surface area contributed by atoms with Gasteiger partial charge in [-0.2, -0.15) is 0 Å². The first-order valence-corrected chi connectivity index (χ1v) is 9.48. The van der Waals surface area contributed by atoms with Crippen LogP contribution in [0.15, 0.2) is 0 Å². The Balaban J connectivity index is 2.23. The van der Waals surface area contributed by atoms with Crippen molar-refractivity contribution in [3.05, 3.63) is 0 Å². The molecule has 0 N–H and O–H groups in total. The quantitative estimate of drug-likeness (QED) is 0.683. The van der Waals surface area contributed by atoms with Gasteiger partial charge in [0.25, 0.3) is 0 Å². The van der Waals surface area contributed by atoms with E-state index in [1.807, 2.05) is 20.8 Å². The molecule has 0 aromatic rings. The maximum absolute atomic E-state index is 12.9. The van der Waals surface area contributed by atoms with Gasteiger partial charge in [0, 0.05) is 0 Å². The predicted octanol–water partition coefficient (Wildman–Crippen LogP) is 4.44. The van der Waals surface area contributed by atoms with Gasteiger partial charge in [-0.05, 0) is 47.0 Å². The van der Waals surface area contributed by atoms with Gasteiger partial charge in [-0.1, -0.05) is 32.1 Å². The van der Waals surface area contributed by atoms with Crippen LogP contribution in [0.1, 0.15) is 73.1 Å². The molecular weight excluding hydrogens is 338 g/mol. The fraction of sp³-hybridized carbons (Fsp3) is 0.895. The summed E-state index contributed by atoms with van der Waals surface area (Å²) in [6.45, 7) is 9.05. The zero-order valence-electron chi connectivity index (χ0n) is 16.9. The highest BCUT2D eigenvalue weighted by Gasteiger charge is 2.53. The molecular formula is C19H33NO6. The summed E-state index contributed by atoms with van der Waals surface area (Å²) < 4.78 is 21.5. The monoisotopic (exact) mass is 371 g/mol. The van der Waals surface area contributed by atoms with Crippen molar-refractivity contribution >= 4 is 12.2 Å². The number of carbonyl (C=O) groups excluding carboxylic acids is 2. The molecule has 0 radical (unpaired) electrons. The number of amides is 1. The SMILES string of the molecule is COC(=O)O[C@H]1OC(C)(C)N(C(=O)OC(C)(C)C)[C@H]1CC1CCCCC1. The van der Waals surface area contributed by atoms with Crippen molar-refractivity contribution < 1.29 is 28.5 Å². The lowest BCUT2D eigenvalue weighted by Crippen LogP contribution is -2.51. The third kappa shape index (κ3) is 5.25. The first-order valence-electron chi connectivity index (χ1n) is 9.48. The summed E-state index contributed by atoms with van der Waals surface area (Å²) in [4.78, 5) is 26.1. The van der Waals surface area contributed by atoms with E-state index < -0.39 is 35.9 Å². The van der Waals surface area contributed by atoms with E-state index in [1.165, 1.54) is 26.4 Å². The lowest BCUT2D eigenvalue weighted by molar-refractivity contribution is -0.152. The van der Waals surface area contributed by atoms with E-state index in [9.17, 15) is 9.59 Å².